The number of hydrogen-bond acceptors (Lipinski definition) is 4. The highest BCUT2D eigenvalue weighted by molar-refractivity contribution is 5.78. The van der Waals surface area contributed by atoms with Crippen LogP contribution in [-0.2, 0) is 0 Å². The van der Waals surface area contributed by atoms with Crippen LogP contribution in [0.1, 0.15) is 0 Å². The van der Waals surface area contributed by atoms with Crippen molar-refractivity contribution < 1.29 is 0 Å². The molecule has 4 heteroatoms. The van der Waals surface area contributed by atoms with Gasteiger partial charge in [-0.25, -0.2) is 19.9 Å². The monoisotopic (exact) mass is 386 g/mol. The lowest BCUT2D eigenvalue weighted by molar-refractivity contribution is 1.16. The molecule has 0 saturated carbocycles. The second-order valence-electron chi connectivity index (χ2n) is 6.89. The first-order valence-electron chi connectivity index (χ1n) is 9.72. The number of nitrogens with zero attached hydrogens (tertiary/aromatic N) is 4. The zero-order chi connectivity index (χ0) is 20.2. The van der Waals surface area contributed by atoms with E-state index in [1.807, 2.05) is 24.3 Å². The van der Waals surface area contributed by atoms with Crippen LogP contribution in [0, 0.1) is 0 Å². The topological polar surface area (TPSA) is 51.6 Å². The first kappa shape index (κ1) is 17.9. The maximum atomic E-state index is 4.42. The molecule has 0 bridgehead atoms. The Labute approximate surface area is 175 Å². The lowest BCUT2D eigenvalue weighted by Gasteiger charge is -2.10. The van der Waals surface area contributed by atoms with Gasteiger partial charge in [-0.15, -0.1) is 0 Å². The van der Waals surface area contributed by atoms with E-state index in [-0.39, 0.29) is 0 Å². The molecule has 5 rings (SSSR count). The molecule has 0 amide bonds. The molecule has 30 heavy (non-hydrogen) atoms. The third-order valence-electron chi connectivity index (χ3n) is 4.91. The predicted molar refractivity (Wildman–Crippen MR) is 119 cm³/mol. The molecule has 2 aromatic heterocycles. The summed E-state index contributed by atoms with van der Waals surface area (Å²) >= 11 is 0. The second-order valence-corrected chi connectivity index (χ2v) is 6.89. The average Bonchev–Trinajstić information content (AvgIpc) is 2.85. The highest BCUT2D eigenvalue weighted by Gasteiger charge is 2.10. The van der Waals surface area contributed by atoms with E-state index in [1.54, 1.807) is 24.8 Å². The smallest absolute Gasteiger partial charge is 0.159 e. The Morgan fingerprint density at radius 3 is 1.23 bits per heavy atom. The third kappa shape index (κ3) is 3.71. The van der Waals surface area contributed by atoms with Crippen molar-refractivity contribution in [1.29, 1.82) is 0 Å². The van der Waals surface area contributed by atoms with Crippen LogP contribution in [0.5, 0.6) is 0 Å². The SMILES string of the molecule is c1ccc(-c2ccc(-c3cc(-c4ncccn4)cc(-c4ncccn4)c3)cc2)cc1. The first-order valence-corrected chi connectivity index (χ1v) is 9.72. The van der Waals surface area contributed by atoms with Crippen LogP contribution in [0.4, 0.5) is 0 Å². The van der Waals surface area contributed by atoms with E-state index in [0.29, 0.717) is 11.6 Å². The van der Waals surface area contributed by atoms with Crippen LogP contribution in [0.25, 0.3) is 45.0 Å². The largest absolute Gasteiger partial charge is 0.237 e. The third-order valence-corrected chi connectivity index (χ3v) is 4.91. The van der Waals surface area contributed by atoms with Crippen LogP contribution in [0.3, 0.4) is 0 Å². The van der Waals surface area contributed by atoms with Crippen LogP contribution < -0.4 is 0 Å². The number of rotatable bonds is 4. The fourth-order valence-electron chi connectivity index (χ4n) is 3.43. The quantitative estimate of drug-likeness (QED) is 0.384. The predicted octanol–water partition coefficient (Wildman–Crippen LogP) is 5.93. The first-order chi connectivity index (χ1) is 14.9. The Bertz CT molecular complexity index is 1200. The van der Waals surface area contributed by atoms with Gasteiger partial charge >= 0.3 is 0 Å². The summed E-state index contributed by atoms with van der Waals surface area (Å²) in [6.45, 7) is 0. The van der Waals surface area contributed by atoms with Gasteiger partial charge < -0.3 is 0 Å². The van der Waals surface area contributed by atoms with E-state index in [2.05, 4.69) is 80.6 Å². The average molecular weight is 386 g/mol. The molecule has 4 nitrogen and oxygen atoms in total. The molecule has 0 fully saturated rings. The molecule has 0 radical (unpaired) electrons. The molecular formula is C26H18N4. The zero-order valence-corrected chi connectivity index (χ0v) is 16.2. The molecule has 0 aliphatic rings. The van der Waals surface area contributed by atoms with Gasteiger partial charge in [-0.2, -0.15) is 0 Å². The van der Waals surface area contributed by atoms with Gasteiger partial charge in [0.25, 0.3) is 0 Å². The molecule has 0 aliphatic heterocycles. The minimum atomic E-state index is 0.678. The van der Waals surface area contributed by atoms with Gasteiger partial charge in [-0.1, -0.05) is 54.6 Å². The van der Waals surface area contributed by atoms with E-state index in [9.17, 15) is 0 Å². The van der Waals surface area contributed by atoms with Crippen LogP contribution in [0.15, 0.2) is 110 Å². The van der Waals surface area contributed by atoms with E-state index in [1.165, 1.54) is 11.1 Å². The van der Waals surface area contributed by atoms with Gasteiger partial charge in [0, 0.05) is 35.9 Å². The van der Waals surface area contributed by atoms with Gasteiger partial charge in [0.1, 0.15) is 0 Å². The molecule has 0 N–H and O–H groups in total. The van der Waals surface area contributed by atoms with E-state index < -0.39 is 0 Å². The molecule has 2 heterocycles. The minimum absolute atomic E-state index is 0.678. The molecule has 3 aromatic carbocycles. The zero-order valence-electron chi connectivity index (χ0n) is 16.2. The van der Waals surface area contributed by atoms with Crippen molar-refractivity contribution in [2.24, 2.45) is 0 Å². The maximum absolute atomic E-state index is 4.42. The number of aromatic nitrogens is 4. The summed E-state index contributed by atoms with van der Waals surface area (Å²) in [5.41, 5.74) is 6.44. The molecule has 0 aliphatic carbocycles. The highest BCUT2D eigenvalue weighted by Crippen LogP contribution is 2.31. The van der Waals surface area contributed by atoms with E-state index >= 15 is 0 Å². The summed E-state index contributed by atoms with van der Waals surface area (Å²) in [7, 11) is 0. The fraction of sp³-hybridized carbons (Fsp3) is 0. The minimum Gasteiger partial charge on any atom is -0.237 e. The van der Waals surface area contributed by atoms with Gasteiger partial charge in [0.2, 0.25) is 0 Å². The Kier molecular flexibility index (Phi) is 4.80. The Balaban J connectivity index is 1.60. The van der Waals surface area contributed by atoms with Crippen molar-refractivity contribution in [2.75, 3.05) is 0 Å². The standard InChI is InChI=1S/C26H18N4/c1-2-6-19(7-3-1)20-8-10-21(11-9-20)22-16-23(25-27-12-4-13-28-25)18-24(17-22)26-29-14-5-15-30-26/h1-18H. The van der Waals surface area contributed by atoms with Crippen LogP contribution >= 0.6 is 0 Å². The molecular weight excluding hydrogens is 368 g/mol. The van der Waals surface area contributed by atoms with Crippen LogP contribution in [0.2, 0.25) is 0 Å². The van der Waals surface area contributed by atoms with Crippen molar-refractivity contribution in [3.63, 3.8) is 0 Å². The second kappa shape index (κ2) is 8.05. The summed E-state index contributed by atoms with van der Waals surface area (Å²) < 4.78 is 0. The van der Waals surface area contributed by atoms with Gasteiger partial charge in [-0.05, 0) is 52.6 Å². The Morgan fingerprint density at radius 2 is 0.733 bits per heavy atom. The van der Waals surface area contributed by atoms with E-state index in [4.69, 9.17) is 0 Å². The Morgan fingerprint density at radius 1 is 0.333 bits per heavy atom. The summed E-state index contributed by atoms with van der Waals surface area (Å²) in [6.07, 6.45) is 7.01. The highest BCUT2D eigenvalue weighted by atomic mass is 14.9. The Hall–Kier alpha value is -4.18. The number of benzene rings is 3. The molecule has 0 saturated heterocycles. The lowest BCUT2D eigenvalue weighted by Crippen LogP contribution is -1.92. The van der Waals surface area contributed by atoms with Crippen LogP contribution in [-0.4, -0.2) is 19.9 Å². The van der Waals surface area contributed by atoms with Crippen molar-refractivity contribution in [3.05, 3.63) is 110 Å². The normalized spacial score (nSPS) is 10.7. The van der Waals surface area contributed by atoms with Crippen molar-refractivity contribution in [1.82, 2.24) is 19.9 Å². The molecule has 5 aromatic rings. The summed E-state index contributed by atoms with van der Waals surface area (Å²) in [5, 5.41) is 0. The van der Waals surface area contributed by atoms with Gasteiger partial charge in [-0.3, -0.25) is 0 Å². The van der Waals surface area contributed by atoms with Crippen molar-refractivity contribution in [2.45, 2.75) is 0 Å². The molecule has 0 atom stereocenters. The molecule has 0 spiro atoms. The number of hydrogen-bond donors (Lipinski definition) is 0. The molecule has 0 unspecified atom stereocenters. The lowest BCUT2D eigenvalue weighted by atomic mass is 9.97. The summed E-state index contributed by atoms with van der Waals surface area (Å²) in [5.74, 6) is 1.36. The fourth-order valence-corrected chi connectivity index (χ4v) is 3.43. The summed E-state index contributed by atoms with van der Waals surface area (Å²) in [6, 6.07) is 28.8. The van der Waals surface area contributed by atoms with Gasteiger partial charge in [0.05, 0.1) is 0 Å². The summed E-state index contributed by atoms with van der Waals surface area (Å²) in [4.78, 5) is 17.7. The van der Waals surface area contributed by atoms with Gasteiger partial charge in [0.15, 0.2) is 11.6 Å². The maximum Gasteiger partial charge on any atom is 0.159 e. The molecule has 142 valence electrons. The van der Waals surface area contributed by atoms with Crippen molar-refractivity contribution >= 4 is 0 Å². The van der Waals surface area contributed by atoms with E-state index in [0.717, 1.165) is 22.3 Å². The van der Waals surface area contributed by atoms with Crippen molar-refractivity contribution in [3.8, 4) is 45.0 Å².